The molecule has 1 aromatic rings. The summed E-state index contributed by atoms with van der Waals surface area (Å²) in [7, 11) is 0. The molecule has 2 atom stereocenters. The van der Waals surface area contributed by atoms with Crippen LogP contribution in [-0.2, 0) is 6.42 Å². The van der Waals surface area contributed by atoms with Gasteiger partial charge in [-0.15, -0.1) is 0 Å². The van der Waals surface area contributed by atoms with Crippen LogP contribution in [0.4, 0.5) is 5.69 Å². The van der Waals surface area contributed by atoms with Gasteiger partial charge in [0.2, 0.25) is 0 Å². The van der Waals surface area contributed by atoms with E-state index >= 15 is 0 Å². The summed E-state index contributed by atoms with van der Waals surface area (Å²) in [5.41, 5.74) is 8.77. The van der Waals surface area contributed by atoms with Crippen molar-refractivity contribution in [2.24, 2.45) is 5.92 Å². The Kier molecular flexibility index (Phi) is 38.1. The number of rotatable bonds is 48. The van der Waals surface area contributed by atoms with Crippen molar-refractivity contribution in [3.8, 4) is 0 Å². The van der Waals surface area contributed by atoms with Gasteiger partial charge in [-0.05, 0) is 88.0 Å². The Bertz CT molecular complexity index is 1450. The molecule has 66 heavy (non-hydrogen) atoms. The summed E-state index contributed by atoms with van der Waals surface area (Å²) in [5.74, 6) is 0.401. The normalized spacial score (nSPS) is 12.2. The van der Waals surface area contributed by atoms with Crippen molar-refractivity contribution in [3.05, 3.63) is 116 Å². The van der Waals surface area contributed by atoms with Gasteiger partial charge in [0.1, 0.15) is 0 Å². The Morgan fingerprint density at radius 3 is 1.32 bits per heavy atom. The fraction of sp³-hybridized carbons (Fsp3) is 0.672. The minimum Gasteiger partial charge on any atom is -0.389 e. The maximum atomic E-state index is 4.41. The fourth-order valence-electron chi connectivity index (χ4n) is 8.51. The molecule has 0 aliphatic rings. The number of aryl methyl sites for hydroxylation is 1. The first-order valence-corrected chi connectivity index (χ1v) is 27.6. The summed E-state index contributed by atoms with van der Waals surface area (Å²) in [5, 5.41) is 17.7. The zero-order valence-corrected chi connectivity index (χ0v) is 44.3. The summed E-state index contributed by atoms with van der Waals surface area (Å²) >= 11 is 0. The van der Waals surface area contributed by atoms with Crippen molar-refractivity contribution in [2.75, 3.05) is 18.4 Å². The predicted molar refractivity (Wildman–Crippen MR) is 298 cm³/mol. The average molecular weight is 911 g/mol. The van der Waals surface area contributed by atoms with Crippen molar-refractivity contribution >= 4 is 5.69 Å². The Morgan fingerprint density at radius 1 is 0.470 bits per heavy atom. The number of benzene rings is 1. The van der Waals surface area contributed by atoms with Gasteiger partial charge >= 0.3 is 0 Å². The number of allylic oxidation sites excluding steroid dienone is 5. The lowest BCUT2D eigenvalue weighted by atomic mass is 9.99. The van der Waals surface area contributed by atoms with Gasteiger partial charge < -0.3 is 26.6 Å². The molecule has 0 amide bonds. The first-order valence-electron chi connectivity index (χ1n) is 27.6. The van der Waals surface area contributed by atoms with Crippen molar-refractivity contribution in [1.82, 2.24) is 21.3 Å². The van der Waals surface area contributed by atoms with Crippen LogP contribution in [0.25, 0.3) is 0 Å². The van der Waals surface area contributed by atoms with E-state index in [-0.39, 0.29) is 12.1 Å². The number of unbranched alkanes of at least 4 members (excludes halogenated alkanes) is 25. The third kappa shape index (κ3) is 34.7. The van der Waals surface area contributed by atoms with Crippen LogP contribution < -0.4 is 26.6 Å². The average Bonchev–Trinajstić information content (AvgIpc) is 3.30. The lowest BCUT2D eigenvalue weighted by Gasteiger charge is -2.30. The second kappa shape index (κ2) is 41.6. The van der Waals surface area contributed by atoms with Crippen LogP contribution in [0.1, 0.15) is 233 Å². The fourth-order valence-corrected chi connectivity index (χ4v) is 8.51. The van der Waals surface area contributed by atoms with Crippen LogP contribution in [0.5, 0.6) is 0 Å². The van der Waals surface area contributed by atoms with E-state index in [4.69, 9.17) is 0 Å². The maximum Gasteiger partial charge on any atom is 0.0673 e. The molecule has 0 spiro atoms. The molecule has 1 aromatic carbocycles. The van der Waals surface area contributed by atoms with Crippen molar-refractivity contribution in [3.63, 3.8) is 0 Å². The maximum absolute atomic E-state index is 4.41. The van der Waals surface area contributed by atoms with Gasteiger partial charge in [-0.2, -0.15) is 0 Å². The molecule has 376 valence electrons. The van der Waals surface area contributed by atoms with Crippen LogP contribution in [0.3, 0.4) is 0 Å². The van der Waals surface area contributed by atoms with E-state index < -0.39 is 0 Å². The number of nitrogens with one attached hydrogen (secondary N) is 5. The summed E-state index contributed by atoms with van der Waals surface area (Å²) in [6.07, 6.45) is 45.4. The highest BCUT2D eigenvalue weighted by Crippen LogP contribution is 2.19. The first kappa shape index (κ1) is 60.4. The van der Waals surface area contributed by atoms with Gasteiger partial charge in [0, 0.05) is 47.3 Å². The minimum atomic E-state index is 0.0520. The van der Waals surface area contributed by atoms with E-state index in [1.54, 1.807) is 0 Å². The van der Waals surface area contributed by atoms with E-state index in [0.717, 1.165) is 72.8 Å². The molecule has 0 fully saturated rings. The smallest absolute Gasteiger partial charge is 0.0673 e. The zero-order chi connectivity index (χ0) is 48.5. The standard InChI is InChI=1S/C61H107N5/c1-12-52(5)43-44-54(7)63-50-40-36-38-41-53(6)62-49-39-35-33-31-29-27-25-23-21-19-17-15-14-16-18-20-22-24-26-28-30-32-34-37-42-55(8)64-61(51(3)4)58(11)65-56(9)57(10)66-60-47-45-59(13-2)46-48-60/h43-48,51,56,61-66H,5-8,10-42,49-50H2,1-4,9H3/b44-43-. The molecule has 5 heteroatoms. The summed E-state index contributed by atoms with van der Waals surface area (Å²) in [6.45, 7) is 38.4. The van der Waals surface area contributed by atoms with E-state index in [0.29, 0.717) is 5.92 Å². The lowest BCUT2D eigenvalue weighted by Crippen LogP contribution is -2.42. The molecule has 0 aliphatic carbocycles. The highest BCUT2D eigenvalue weighted by atomic mass is 15.1. The third-order valence-corrected chi connectivity index (χ3v) is 13.3. The summed E-state index contributed by atoms with van der Waals surface area (Å²) in [4.78, 5) is 0. The molecular weight excluding hydrogens is 803 g/mol. The van der Waals surface area contributed by atoms with Gasteiger partial charge in [-0.3, -0.25) is 0 Å². The van der Waals surface area contributed by atoms with Crippen LogP contribution in [0, 0.1) is 5.92 Å². The second-order valence-corrected chi connectivity index (χ2v) is 19.9. The van der Waals surface area contributed by atoms with Gasteiger partial charge in [0.05, 0.1) is 12.1 Å². The predicted octanol–water partition coefficient (Wildman–Crippen LogP) is 17.8. The molecule has 0 aliphatic heterocycles. The van der Waals surface area contributed by atoms with Gasteiger partial charge in [-0.25, -0.2) is 0 Å². The summed E-state index contributed by atoms with van der Waals surface area (Å²) < 4.78 is 0. The van der Waals surface area contributed by atoms with E-state index in [1.165, 1.54) is 185 Å². The molecule has 5 nitrogen and oxygen atoms in total. The molecule has 1 rings (SSSR count). The van der Waals surface area contributed by atoms with Gasteiger partial charge in [0.15, 0.2) is 0 Å². The van der Waals surface area contributed by atoms with E-state index in [9.17, 15) is 0 Å². The first-order chi connectivity index (χ1) is 32.0. The Morgan fingerprint density at radius 2 is 0.879 bits per heavy atom. The van der Waals surface area contributed by atoms with E-state index in [1.807, 2.05) is 12.2 Å². The quantitative estimate of drug-likeness (QED) is 0.0333. The number of anilines is 1. The minimum absolute atomic E-state index is 0.0520. The SMILES string of the molecule is C=C(/C=C\C(=C)NCCCCCC(=C)NCCCCCCCCCCCCCCCCCCCCCCCCCCC(=C)NC(C(=C)NC(C)C(=C)Nc1ccc(CC)cc1)C(C)C)CC. The monoisotopic (exact) mass is 910 g/mol. The molecule has 0 saturated heterocycles. The molecule has 5 N–H and O–H groups in total. The highest BCUT2D eigenvalue weighted by Gasteiger charge is 2.19. The summed E-state index contributed by atoms with van der Waals surface area (Å²) in [6, 6.07) is 8.76. The van der Waals surface area contributed by atoms with Crippen molar-refractivity contribution < 1.29 is 0 Å². The third-order valence-electron chi connectivity index (χ3n) is 13.3. The highest BCUT2D eigenvalue weighted by molar-refractivity contribution is 5.49. The molecule has 0 aromatic heterocycles. The topological polar surface area (TPSA) is 60.1 Å². The Balaban J connectivity index is 1.85. The molecule has 0 heterocycles. The molecular formula is C61H107N5. The number of hydrogen-bond donors (Lipinski definition) is 5. The van der Waals surface area contributed by atoms with Crippen molar-refractivity contribution in [2.45, 2.75) is 246 Å². The molecule has 0 radical (unpaired) electrons. The molecule has 0 saturated carbocycles. The number of hydrogen-bond acceptors (Lipinski definition) is 5. The Labute approximate surface area is 410 Å². The Hall–Kier alpha value is -3.60. The van der Waals surface area contributed by atoms with Crippen molar-refractivity contribution in [1.29, 1.82) is 0 Å². The molecule has 0 bridgehead atoms. The lowest BCUT2D eigenvalue weighted by molar-refractivity contribution is 0.442. The van der Waals surface area contributed by atoms with Crippen LogP contribution in [0.2, 0.25) is 0 Å². The van der Waals surface area contributed by atoms with E-state index in [2.05, 4.69) is 125 Å². The van der Waals surface area contributed by atoms with Gasteiger partial charge in [0.25, 0.3) is 0 Å². The zero-order valence-electron chi connectivity index (χ0n) is 44.3. The van der Waals surface area contributed by atoms with Crippen LogP contribution >= 0.6 is 0 Å². The molecule has 2 unspecified atom stereocenters. The van der Waals surface area contributed by atoms with Crippen LogP contribution in [-0.4, -0.2) is 25.2 Å². The van der Waals surface area contributed by atoms with Crippen LogP contribution in [0.15, 0.2) is 110 Å². The van der Waals surface area contributed by atoms with Gasteiger partial charge in [-0.1, -0.05) is 239 Å². The largest absolute Gasteiger partial charge is 0.389 e. The second-order valence-electron chi connectivity index (χ2n) is 19.9.